The van der Waals surface area contributed by atoms with Gasteiger partial charge in [0.15, 0.2) is 11.8 Å². The summed E-state index contributed by atoms with van der Waals surface area (Å²) >= 11 is 1.79. The van der Waals surface area contributed by atoms with Gasteiger partial charge in [-0.25, -0.2) is 4.99 Å². The molecule has 2 heterocycles. The van der Waals surface area contributed by atoms with Crippen LogP contribution in [0.15, 0.2) is 52.8 Å². The predicted octanol–water partition coefficient (Wildman–Crippen LogP) is 4.40. The minimum absolute atomic E-state index is 0. The van der Waals surface area contributed by atoms with Crippen LogP contribution < -0.4 is 10.6 Å². The van der Waals surface area contributed by atoms with Crippen LogP contribution in [0.1, 0.15) is 47.9 Å². The van der Waals surface area contributed by atoms with Crippen LogP contribution in [0.4, 0.5) is 0 Å². The third kappa shape index (κ3) is 6.53. The SMILES string of the molecule is Cc1nnc(CN=C(NCC(C)c2cccs2)NC(C)c2ccccc2)n1C.I. The number of hydrogen-bond acceptors (Lipinski definition) is 4. The second kappa shape index (κ2) is 11.3. The van der Waals surface area contributed by atoms with Gasteiger partial charge < -0.3 is 15.2 Å². The first-order valence-corrected chi connectivity index (χ1v) is 10.4. The Morgan fingerprint density at radius 3 is 2.52 bits per heavy atom. The summed E-state index contributed by atoms with van der Waals surface area (Å²) in [5, 5.41) is 17.5. The molecule has 3 aromatic rings. The van der Waals surface area contributed by atoms with Crippen LogP contribution in [0.2, 0.25) is 0 Å². The number of thiophene rings is 1. The Balaban J connectivity index is 0.00000300. The van der Waals surface area contributed by atoms with E-state index in [-0.39, 0.29) is 30.0 Å². The Hall–Kier alpha value is -1.94. The Morgan fingerprint density at radius 2 is 1.90 bits per heavy atom. The van der Waals surface area contributed by atoms with Crippen molar-refractivity contribution in [1.29, 1.82) is 0 Å². The molecule has 6 nitrogen and oxygen atoms in total. The van der Waals surface area contributed by atoms with Crippen molar-refractivity contribution < 1.29 is 0 Å². The van der Waals surface area contributed by atoms with Gasteiger partial charge in [-0.15, -0.1) is 45.5 Å². The lowest BCUT2D eigenvalue weighted by molar-refractivity contribution is 0.654. The van der Waals surface area contributed by atoms with Crippen LogP contribution in [0.25, 0.3) is 0 Å². The van der Waals surface area contributed by atoms with Crippen LogP contribution in [-0.2, 0) is 13.6 Å². The van der Waals surface area contributed by atoms with Crippen molar-refractivity contribution in [2.75, 3.05) is 6.54 Å². The molecule has 2 unspecified atom stereocenters. The lowest BCUT2D eigenvalue weighted by atomic mass is 10.1. The molecule has 0 spiro atoms. The van der Waals surface area contributed by atoms with E-state index in [2.05, 4.69) is 76.5 Å². The summed E-state index contributed by atoms with van der Waals surface area (Å²) in [4.78, 5) is 6.13. The second-order valence-electron chi connectivity index (χ2n) is 6.96. The number of aromatic nitrogens is 3. The summed E-state index contributed by atoms with van der Waals surface area (Å²) in [6, 6.07) is 14.8. The summed E-state index contributed by atoms with van der Waals surface area (Å²) in [5.41, 5.74) is 1.22. The van der Waals surface area contributed by atoms with E-state index >= 15 is 0 Å². The molecule has 156 valence electrons. The molecule has 0 bridgehead atoms. The number of halogens is 1. The quantitative estimate of drug-likeness (QED) is 0.273. The van der Waals surface area contributed by atoms with Crippen LogP contribution in [0, 0.1) is 6.92 Å². The van der Waals surface area contributed by atoms with Crippen molar-refractivity contribution in [2.24, 2.45) is 12.0 Å². The topological polar surface area (TPSA) is 67.1 Å². The number of aliphatic imine (C=N–C) groups is 1. The first-order valence-electron chi connectivity index (χ1n) is 9.52. The number of guanidine groups is 1. The third-order valence-electron chi connectivity index (χ3n) is 4.82. The molecule has 0 aliphatic heterocycles. The maximum atomic E-state index is 4.76. The number of benzene rings is 1. The molecule has 3 rings (SSSR count). The molecule has 0 amide bonds. The zero-order chi connectivity index (χ0) is 19.9. The first-order chi connectivity index (χ1) is 13.5. The van der Waals surface area contributed by atoms with Gasteiger partial charge in [-0.1, -0.05) is 43.3 Å². The highest BCUT2D eigenvalue weighted by Crippen LogP contribution is 2.19. The van der Waals surface area contributed by atoms with Crippen LogP contribution in [0.3, 0.4) is 0 Å². The maximum absolute atomic E-state index is 4.76. The summed E-state index contributed by atoms with van der Waals surface area (Å²) in [7, 11) is 1.96. The van der Waals surface area contributed by atoms with E-state index in [9.17, 15) is 0 Å². The molecule has 29 heavy (non-hydrogen) atoms. The van der Waals surface area contributed by atoms with E-state index in [1.54, 1.807) is 11.3 Å². The van der Waals surface area contributed by atoms with Crippen molar-refractivity contribution in [2.45, 2.75) is 39.3 Å². The number of aryl methyl sites for hydroxylation is 1. The standard InChI is InChI=1S/C21H28N6S.HI/c1-15(19-11-8-12-28-19)13-22-21(23-14-20-26-25-17(3)27(20)4)24-16(2)18-9-6-5-7-10-18;/h5-12,15-16H,13-14H2,1-4H3,(H2,22,23,24);1H. The fourth-order valence-electron chi connectivity index (χ4n) is 2.84. The van der Waals surface area contributed by atoms with E-state index in [1.807, 2.05) is 24.6 Å². The fraction of sp³-hybridized carbons (Fsp3) is 0.381. The van der Waals surface area contributed by atoms with Gasteiger partial charge in [0.05, 0.1) is 6.04 Å². The smallest absolute Gasteiger partial charge is 0.192 e. The van der Waals surface area contributed by atoms with Gasteiger partial charge in [0, 0.05) is 24.4 Å². The monoisotopic (exact) mass is 524 g/mol. The summed E-state index contributed by atoms with van der Waals surface area (Å²) in [5.74, 6) is 2.92. The van der Waals surface area contributed by atoms with Crippen molar-refractivity contribution in [1.82, 2.24) is 25.4 Å². The molecule has 0 aliphatic carbocycles. The molecule has 1 aromatic carbocycles. The molecular weight excluding hydrogens is 495 g/mol. The molecule has 0 fully saturated rings. The lowest BCUT2D eigenvalue weighted by Crippen LogP contribution is -2.40. The van der Waals surface area contributed by atoms with E-state index < -0.39 is 0 Å². The highest BCUT2D eigenvalue weighted by Gasteiger charge is 2.12. The van der Waals surface area contributed by atoms with Crippen LogP contribution in [-0.4, -0.2) is 27.3 Å². The second-order valence-corrected chi connectivity index (χ2v) is 7.94. The normalized spacial score (nSPS) is 13.4. The first kappa shape index (κ1) is 23.3. The number of nitrogens with one attached hydrogen (secondary N) is 2. The van der Waals surface area contributed by atoms with Crippen LogP contribution >= 0.6 is 35.3 Å². The Labute approximate surface area is 193 Å². The Bertz CT molecular complexity index is 891. The van der Waals surface area contributed by atoms with Crippen LogP contribution in [0.5, 0.6) is 0 Å². The molecule has 2 aromatic heterocycles. The van der Waals surface area contributed by atoms with Crippen molar-refractivity contribution >= 4 is 41.3 Å². The largest absolute Gasteiger partial charge is 0.356 e. The van der Waals surface area contributed by atoms with Gasteiger partial charge in [-0.2, -0.15) is 0 Å². The number of nitrogens with zero attached hydrogens (tertiary/aromatic N) is 4. The molecule has 0 saturated carbocycles. The average Bonchev–Trinajstić information content (AvgIpc) is 3.36. The van der Waals surface area contributed by atoms with E-state index in [0.29, 0.717) is 12.5 Å². The fourth-order valence-corrected chi connectivity index (χ4v) is 3.63. The molecule has 2 N–H and O–H groups in total. The van der Waals surface area contributed by atoms with E-state index in [0.717, 1.165) is 24.2 Å². The van der Waals surface area contributed by atoms with Gasteiger partial charge in [-0.05, 0) is 30.9 Å². The molecule has 0 aliphatic rings. The minimum Gasteiger partial charge on any atom is -0.356 e. The Kier molecular flexibility index (Phi) is 9.09. The predicted molar refractivity (Wildman–Crippen MR) is 131 cm³/mol. The van der Waals surface area contributed by atoms with Crippen molar-refractivity contribution in [3.05, 3.63) is 69.9 Å². The van der Waals surface area contributed by atoms with Gasteiger partial charge in [-0.3, -0.25) is 0 Å². The van der Waals surface area contributed by atoms with Crippen molar-refractivity contribution in [3.8, 4) is 0 Å². The van der Waals surface area contributed by atoms with Gasteiger partial charge in [0.2, 0.25) is 0 Å². The van der Waals surface area contributed by atoms with E-state index in [1.165, 1.54) is 10.4 Å². The minimum atomic E-state index is 0. The number of hydrogen-bond donors (Lipinski definition) is 2. The van der Waals surface area contributed by atoms with Crippen molar-refractivity contribution in [3.63, 3.8) is 0 Å². The molecule has 2 atom stereocenters. The zero-order valence-corrected chi connectivity index (χ0v) is 20.4. The van der Waals surface area contributed by atoms with Gasteiger partial charge >= 0.3 is 0 Å². The average molecular weight is 524 g/mol. The summed E-state index contributed by atoms with van der Waals surface area (Å²) in [6.07, 6.45) is 0. The maximum Gasteiger partial charge on any atom is 0.192 e. The number of rotatable bonds is 7. The zero-order valence-electron chi connectivity index (χ0n) is 17.3. The lowest BCUT2D eigenvalue weighted by Gasteiger charge is -2.20. The highest BCUT2D eigenvalue weighted by molar-refractivity contribution is 14.0. The third-order valence-corrected chi connectivity index (χ3v) is 5.92. The molecule has 0 saturated heterocycles. The molecular formula is C21H29IN6S. The molecule has 8 heteroatoms. The molecule has 0 radical (unpaired) electrons. The highest BCUT2D eigenvalue weighted by atomic mass is 127. The Morgan fingerprint density at radius 1 is 1.14 bits per heavy atom. The van der Waals surface area contributed by atoms with Gasteiger partial charge in [0.25, 0.3) is 0 Å². The summed E-state index contributed by atoms with van der Waals surface area (Å²) in [6.45, 7) is 7.59. The summed E-state index contributed by atoms with van der Waals surface area (Å²) < 4.78 is 1.97. The van der Waals surface area contributed by atoms with Gasteiger partial charge in [0.1, 0.15) is 12.4 Å². The van der Waals surface area contributed by atoms with E-state index in [4.69, 9.17) is 4.99 Å².